The van der Waals surface area contributed by atoms with Crippen molar-refractivity contribution in [1.82, 2.24) is 0 Å². The van der Waals surface area contributed by atoms with E-state index in [0.717, 1.165) is 11.3 Å². The van der Waals surface area contributed by atoms with E-state index in [1.165, 1.54) is 28.3 Å². The minimum absolute atomic E-state index is 0.170. The van der Waals surface area contributed by atoms with Crippen LogP contribution in [-0.4, -0.2) is 47.1 Å². The van der Waals surface area contributed by atoms with Crippen LogP contribution >= 0.6 is 0 Å². The highest BCUT2D eigenvalue weighted by molar-refractivity contribution is 6.18. The van der Waals surface area contributed by atoms with E-state index >= 15 is 0 Å². The summed E-state index contributed by atoms with van der Waals surface area (Å²) in [5.74, 6) is 1.60. The lowest BCUT2D eigenvalue weighted by molar-refractivity contribution is 0.0985. The second kappa shape index (κ2) is 10.7. The molecule has 34 heavy (non-hydrogen) atoms. The van der Waals surface area contributed by atoms with Gasteiger partial charge in [0.15, 0.2) is 11.6 Å². The largest absolute Gasteiger partial charge is 0.497 e. The lowest BCUT2D eigenvalue weighted by atomic mass is 9.89. The fourth-order valence-corrected chi connectivity index (χ4v) is 3.83. The Morgan fingerprint density at radius 3 is 1.68 bits per heavy atom. The van der Waals surface area contributed by atoms with Crippen molar-refractivity contribution in [3.8, 4) is 28.7 Å². The molecule has 0 saturated carbocycles. The maximum absolute atomic E-state index is 14.0. The fourth-order valence-electron chi connectivity index (χ4n) is 3.83. The Balaban J connectivity index is 2.23. The van der Waals surface area contributed by atoms with Crippen LogP contribution in [-0.2, 0) is 6.42 Å². The van der Waals surface area contributed by atoms with Gasteiger partial charge in [0.2, 0.25) is 0 Å². The van der Waals surface area contributed by atoms with E-state index in [4.69, 9.17) is 23.7 Å². The zero-order valence-corrected chi connectivity index (χ0v) is 20.2. The van der Waals surface area contributed by atoms with Gasteiger partial charge in [-0.2, -0.15) is 0 Å². The highest BCUT2D eigenvalue weighted by atomic mass is 16.5. The van der Waals surface area contributed by atoms with Crippen LogP contribution in [0.4, 0.5) is 0 Å². The summed E-state index contributed by atoms with van der Waals surface area (Å²) in [6.45, 7) is 1.39. The molecule has 0 N–H and O–H groups in total. The smallest absolute Gasteiger partial charge is 0.198 e. The highest BCUT2D eigenvalue weighted by Gasteiger charge is 2.27. The molecule has 3 aromatic rings. The molecule has 0 saturated heterocycles. The van der Waals surface area contributed by atoms with Gasteiger partial charge < -0.3 is 23.7 Å². The van der Waals surface area contributed by atoms with Crippen molar-refractivity contribution in [2.45, 2.75) is 13.3 Å². The molecule has 0 fully saturated rings. The van der Waals surface area contributed by atoms with Crippen molar-refractivity contribution in [1.29, 1.82) is 0 Å². The Bertz CT molecular complexity index is 1200. The number of ether oxygens (including phenoxy) is 5. The van der Waals surface area contributed by atoms with Crippen molar-refractivity contribution in [2.24, 2.45) is 0 Å². The number of rotatable bonds is 10. The Labute approximate surface area is 199 Å². The average molecular weight is 465 g/mol. The number of carbonyl (C=O) groups is 2. The van der Waals surface area contributed by atoms with Crippen molar-refractivity contribution >= 4 is 11.6 Å². The maximum Gasteiger partial charge on any atom is 0.198 e. The lowest BCUT2D eigenvalue weighted by Crippen LogP contribution is -2.14. The normalized spacial score (nSPS) is 10.4. The number of Topliss-reactive ketones (excluding diaryl/α,β-unsaturated/α-hetero) is 1. The predicted octanol–water partition coefficient (Wildman–Crippen LogP) is 4.75. The van der Waals surface area contributed by atoms with Gasteiger partial charge in [0.05, 0.1) is 46.7 Å². The molecule has 0 radical (unpaired) electrons. The van der Waals surface area contributed by atoms with Crippen LogP contribution in [0, 0.1) is 0 Å². The molecule has 0 aliphatic carbocycles. The summed E-state index contributed by atoms with van der Waals surface area (Å²) in [6, 6.07) is 14.1. The molecule has 7 nitrogen and oxygen atoms in total. The third-order valence-electron chi connectivity index (χ3n) is 5.52. The Hall–Kier alpha value is -4.00. The van der Waals surface area contributed by atoms with Gasteiger partial charge in [-0.25, -0.2) is 0 Å². The molecule has 0 heterocycles. The molecule has 3 rings (SSSR count). The number of benzene rings is 3. The van der Waals surface area contributed by atoms with Crippen LogP contribution in [0.2, 0.25) is 0 Å². The molecule has 3 aromatic carbocycles. The summed E-state index contributed by atoms with van der Waals surface area (Å²) in [6.07, 6.45) is 0.426. The number of hydrogen-bond donors (Lipinski definition) is 0. The molecule has 0 aliphatic rings. The van der Waals surface area contributed by atoms with E-state index in [2.05, 4.69) is 0 Å². The van der Waals surface area contributed by atoms with Crippen molar-refractivity contribution in [2.75, 3.05) is 35.5 Å². The lowest BCUT2D eigenvalue weighted by Gasteiger charge is -2.18. The molecule has 7 heteroatoms. The van der Waals surface area contributed by atoms with Crippen molar-refractivity contribution in [3.63, 3.8) is 0 Å². The molecule has 0 bridgehead atoms. The molecule has 0 amide bonds. The van der Waals surface area contributed by atoms with Gasteiger partial charge in [-0.3, -0.25) is 9.59 Å². The highest BCUT2D eigenvalue weighted by Crippen LogP contribution is 2.36. The van der Waals surface area contributed by atoms with Crippen LogP contribution in [0.15, 0.2) is 48.5 Å². The second-order valence-corrected chi connectivity index (χ2v) is 7.53. The van der Waals surface area contributed by atoms with Gasteiger partial charge in [0.1, 0.15) is 28.7 Å². The number of hydrogen-bond acceptors (Lipinski definition) is 7. The fraction of sp³-hybridized carbons (Fsp3) is 0.259. The predicted molar refractivity (Wildman–Crippen MR) is 128 cm³/mol. The molecular weight excluding hydrogens is 436 g/mol. The average Bonchev–Trinajstić information content (AvgIpc) is 2.87. The number of carbonyl (C=O) groups excluding carboxylic acids is 2. The quantitative estimate of drug-likeness (QED) is 0.401. The minimum Gasteiger partial charge on any atom is -0.497 e. The molecule has 0 aliphatic heterocycles. The Morgan fingerprint density at radius 2 is 1.18 bits per heavy atom. The van der Waals surface area contributed by atoms with E-state index in [9.17, 15) is 9.59 Å². The summed E-state index contributed by atoms with van der Waals surface area (Å²) >= 11 is 0. The number of methoxy groups -OCH3 is 5. The first-order chi connectivity index (χ1) is 16.4. The van der Waals surface area contributed by atoms with Gasteiger partial charge in [-0.05, 0) is 48.7 Å². The van der Waals surface area contributed by atoms with Gasteiger partial charge in [0.25, 0.3) is 0 Å². The summed E-state index contributed by atoms with van der Waals surface area (Å²) in [5.41, 5.74) is 2.32. The van der Waals surface area contributed by atoms with Crippen molar-refractivity contribution in [3.05, 3.63) is 76.3 Å². The van der Waals surface area contributed by atoms with E-state index < -0.39 is 0 Å². The molecule has 0 aromatic heterocycles. The molecule has 178 valence electrons. The van der Waals surface area contributed by atoms with Gasteiger partial charge in [0, 0.05) is 17.7 Å². The number of ketones is 2. The Morgan fingerprint density at radius 1 is 0.647 bits per heavy atom. The first-order valence-electron chi connectivity index (χ1n) is 10.6. The van der Waals surface area contributed by atoms with E-state index in [1.807, 2.05) is 24.3 Å². The molecule has 0 unspecified atom stereocenters. The second-order valence-electron chi connectivity index (χ2n) is 7.53. The SMILES string of the molecule is COc1ccc(Cc2cc(OC)cc(OC)c2C(=O)c2cc(OC)cc(OC)c2C(C)=O)cc1. The minimum atomic E-state index is -0.384. The zero-order chi connectivity index (χ0) is 24.8. The van der Waals surface area contributed by atoms with Crippen LogP contribution < -0.4 is 23.7 Å². The summed E-state index contributed by atoms with van der Waals surface area (Å²) in [4.78, 5) is 26.5. The van der Waals surface area contributed by atoms with E-state index in [-0.39, 0.29) is 28.4 Å². The topological polar surface area (TPSA) is 80.3 Å². The molecular formula is C27H28O7. The van der Waals surface area contributed by atoms with Crippen LogP contribution in [0.5, 0.6) is 28.7 Å². The van der Waals surface area contributed by atoms with Crippen LogP contribution in [0.1, 0.15) is 44.3 Å². The summed E-state index contributed by atoms with van der Waals surface area (Å²) < 4.78 is 27.0. The zero-order valence-electron chi connectivity index (χ0n) is 20.2. The molecule has 0 atom stereocenters. The monoisotopic (exact) mass is 464 g/mol. The van der Waals surface area contributed by atoms with Crippen LogP contribution in [0.3, 0.4) is 0 Å². The third-order valence-corrected chi connectivity index (χ3v) is 5.52. The van der Waals surface area contributed by atoms with Crippen molar-refractivity contribution < 1.29 is 33.3 Å². The first kappa shape index (κ1) is 24.6. The summed E-state index contributed by atoms with van der Waals surface area (Å²) in [5, 5.41) is 0. The van der Waals surface area contributed by atoms with Crippen LogP contribution in [0.25, 0.3) is 0 Å². The molecule has 0 spiro atoms. The summed E-state index contributed by atoms with van der Waals surface area (Å²) in [7, 11) is 7.57. The Kier molecular flexibility index (Phi) is 7.79. The first-order valence-corrected chi connectivity index (χ1v) is 10.6. The van der Waals surface area contributed by atoms with Gasteiger partial charge in [-0.1, -0.05) is 12.1 Å². The standard InChI is InChI=1S/C27H28O7/c1-16(28)25-22(13-21(32-4)15-23(25)33-5)27(29)26-18(12-20(31-3)14-24(26)34-6)11-17-7-9-19(30-2)10-8-17/h7-10,12-15H,11H2,1-6H3. The van der Waals surface area contributed by atoms with E-state index in [0.29, 0.717) is 34.8 Å². The van der Waals surface area contributed by atoms with Gasteiger partial charge in [-0.15, -0.1) is 0 Å². The maximum atomic E-state index is 14.0. The van der Waals surface area contributed by atoms with Gasteiger partial charge >= 0.3 is 0 Å². The third kappa shape index (κ3) is 4.98. The van der Waals surface area contributed by atoms with E-state index in [1.54, 1.807) is 38.5 Å².